The van der Waals surface area contributed by atoms with Gasteiger partial charge in [-0.1, -0.05) is 24.3 Å². The van der Waals surface area contributed by atoms with E-state index in [2.05, 4.69) is 4.98 Å². The molecule has 0 amide bonds. The third kappa shape index (κ3) is 2.43. The predicted octanol–water partition coefficient (Wildman–Crippen LogP) is 1.41. The van der Waals surface area contributed by atoms with Gasteiger partial charge in [-0.05, 0) is 29.8 Å². The Bertz CT molecular complexity index is 856. The molecular formula is C16H15FN2O3. The third-order valence-corrected chi connectivity index (χ3v) is 3.64. The fourth-order valence-corrected chi connectivity index (χ4v) is 2.68. The maximum absolute atomic E-state index is 13.5. The molecule has 1 aromatic heterocycles. The van der Waals surface area contributed by atoms with Crippen LogP contribution in [0.25, 0.3) is 11.0 Å². The molecule has 3 rings (SSSR count). The van der Waals surface area contributed by atoms with Gasteiger partial charge in [-0.15, -0.1) is 0 Å². The number of hydrogen-bond acceptors (Lipinski definition) is 3. The molecule has 1 heterocycles. The first-order chi connectivity index (χ1) is 10.6. The first-order valence-corrected chi connectivity index (χ1v) is 6.85. The fourth-order valence-electron chi connectivity index (χ4n) is 2.68. The lowest BCUT2D eigenvalue weighted by Crippen LogP contribution is -2.34. The van der Waals surface area contributed by atoms with Gasteiger partial charge in [0.2, 0.25) is 0 Å². The van der Waals surface area contributed by atoms with E-state index in [1.165, 1.54) is 22.8 Å². The molecule has 0 radical (unpaired) electrons. The summed E-state index contributed by atoms with van der Waals surface area (Å²) in [5, 5.41) is 19.5. The monoisotopic (exact) mass is 302 g/mol. The van der Waals surface area contributed by atoms with Crippen LogP contribution < -0.4 is 5.69 Å². The van der Waals surface area contributed by atoms with Crippen LogP contribution in [-0.2, 0) is 0 Å². The number of aliphatic hydroxyl groups is 2. The minimum atomic E-state index is -1.24. The highest BCUT2D eigenvalue weighted by Gasteiger charge is 2.26. The number of hydrogen-bond donors (Lipinski definition) is 3. The van der Waals surface area contributed by atoms with Crippen molar-refractivity contribution in [2.24, 2.45) is 0 Å². The lowest BCUT2D eigenvalue weighted by atomic mass is 10.0. The zero-order valence-electron chi connectivity index (χ0n) is 11.6. The standard InChI is InChI=1S/C16H15FN2O3/c17-11-5-3-4-10(8-11)15(14(21)9-20)19-13-7-2-1-6-12(13)18-16(19)22/h1-8,14-15,20-21H,9H2,(H,18,22)/t14-,15+/m1/s1. The minimum absolute atomic E-state index is 0.411. The van der Waals surface area contributed by atoms with Gasteiger partial charge in [-0.2, -0.15) is 0 Å². The first kappa shape index (κ1) is 14.5. The van der Waals surface area contributed by atoms with Crippen LogP contribution >= 0.6 is 0 Å². The summed E-state index contributed by atoms with van der Waals surface area (Å²) in [6.07, 6.45) is -1.24. The number of halogens is 1. The second-order valence-corrected chi connectivity index (χ2v) is 5.07. The van der Waals surface area contributed by atoms with Crippen molar-refractivity contribution < 1.29 is 14.6 Å². The molecule has 0 aliphatic heterocycles. The number of para-hydroxylation sites is 2. The van der Waals surface area contributed by atoms with Crippen LogP contribution in [0.3, 0.4) is 0 Å². The lowest BCUT2D eigenvalue weighted by molar-refractivity contribution is 0.0642. The van der Waals surface area contributed by atoms with Gasteiger partial charge < -0.3 is 15.2 Å². The Morgan fingerprint density at radius 3 is 2.68 bits per heavy atom. The molecule has 0 spiro atoms. The van der Waals surface area contributed by atoms with E-state index in [9.17, 15) is 19.4 Å². The zero-order valence-corrected chi connectivity index (χ0v) is 11.6. The van der Waals surface area contributed by atoms with Gasteiger partial charge in [0.25, 0.3) is 0 Å². The summed E-state index contributed by atoms with van der Waals surface area (Å²) < 4.78 is 14.8. The van der Waals surface area contributed by atoms with Crippen LogP contribution in [0, 0.1) is 5.82 Å². The molecule has 3 aromatic rings. The van der Waals surface area contributed by atoms with Gasteiger partial charge in [0.15, 0.2) is 0 Å². The van der Waals surface area contributed by atoms with E-state index < -0.39 is 30.3 Å². The summed E-state index contributed by atoms with van der Waals surface area (Å²) in [7, 11) is 0. The highest BCUT2D eigenvalue weighted by molar-refractivity contribution is 5.75. The van der Waals surface area contributed by atoms with Crippen molar-refractivity contribution in [3.63, 3.8) is 0 Å². The van der Waals surface area contributed by atoms with Crippen molar-refractivity contribution in [2.45, 2.75) is 12.1 Å². The van der Waals surface area contributed by atoms with E-state index in [0.29, 0.717) is 16.6 Å². The molecule has 22 heavy (non-hydrogen) atoms. The molecule has 0 saturated heterocycles. The average Bonchev–Trinajstić information content (AvgIpc) is 2.84. The Morgan fingerprint density at radius 1 is 1.18 bits per heavy atom. The maximum Gasteiger partial charge on any atom is 0.327 e. The normalized spacial score (nSPS) is 14.1. The van der Waals surface area contributed by atoms with E-state index in [1.54, 1.807) is 30.3 Å². The van der Waals surface area contributed by atoms with Crippen LogP contribution in [0.5, 0.6) is 0 Å². The summed E-state index contributed by atoms with van der Waals surface area (Å²) in [4.78, 5) is 15.0. The van der Waals surface area contributed by atoms with Gasteiger partial charge in [0.1, 0.15) is 11.9 Å². The van der Waals surface area contributed by atoms with Gasteiger partial charge in [0, 0.05) is 0 Å². The number of aliphatic hydroxyl groups excluding tert-OH is 2. The van der Waals surface area contributed by atoms with Crippen LogP contribution in [0.4, 0.5) is 4.39 Å². The molecule has 0 fully saturated rings. The van der Waals surface area contributed by atoms with Gasteiger partial charge >= 0.3 is 5.69 Å². The summed E-state index contributed by atoms with van der Waals surface area (Å²) in [5.41, 5.74) is 1.17. The summed E-state index contributed by atoms with van der Waals surface area (Å²) in [6, 6.07) is 11.8. The number of aromatic nitrogens is 2. The summed E-state index contributed by atoms with van der Waals surface area (Å²) >= 11 is 0. The third-order valence-electron chi connectivity index (χ3n) is 3.64. The molecule has 114 valence electrons. The number of aromatic amines is 1. The smallest absolute Gasteiger partial charge is 0.327 e. The molecule has 0 aliphatic rings. The molecule has 0 unspecified atom stereocenters. The van der Waals surface area contributed by atoms with Gasteiger partial charge in [0.05, 0.1) is 23.7 Å². The number of fused-ring (bicyclic) bond motifs is 1. The van der Waals surface area contributed by atoms with E-state index in [4.69, 9.17) is 0 Å². The quantitative estimate of drug-likeness (QED) is 0.682. The second kappa shape index (κ2) is 5.75. The minimum Gasteiger partial charge on any atom is -0.394 e. The lowest BCUT2D eigenvalue weighted by Gasteiger charge is -2.23. The van der Waals surface area contributed by atoms with Gasteiger partial charge in [-0.3, -0.25) is 4.57 Å². The Labute approximate surface area is 125 Å². The van der Waals surface area contributed by atoms with Crippen molar-refractivity contribution in [1.29, 1.82) is 0 Å². The molecule has 2 aromatic carbocycles. The second-order valence-electron chi connectivity index (χ2n) is 5.07. The van der Waals surface area contributed by atoms with Crippen LogP contribution in [-0.4, -0.2) is 32.5 Å². The van der Waals surface area contributed by atoms with Crippen LogP contribution in [0.2, 0.25) is 0 Å². The van der Waals surface area contributed by atoms with Crippen molar-refractivity contribution in [1.82, 2.24) is 9.55 Å². The van der Waals surface area contributed by atoms with E-state index in [1.807, 2.05) is 0 Å². The molecule has 2 atom stereocenters. The molecule has 3 N–H and O–H groups in total. The number of benzene rings is 2. The highest BCUT2D eigenvalue weighted by atomic mass is 19.1. The predicted molar refractivity (Wildman–Crippen MR) is 80.2 cm³/mol. The molecule has 5 nitrogen and oxygen atoms in total. The summed E-state index contributed by atoms with van der Waals surface area (Å²) in [6.45, 7) is -0.548. The number of rotatable bonds is 4. The Hall–Kier alpha value is -2.44. The van der Waals surface area contributed by atoms with Crippen LogP contribution in [0.15, 0.2) is 53.3 Å². The highest BCUT2D eigenvalue weighted by Crippen LogP contribution is 2.25. The Morgan fingerprint density at radius 2 is 1.95 bits per heavy atom. The van der Waals surface area contributed by atoms with E-state index in [-0.39, 0.29) is 0 Å². The van der Waals surface area contributed by atoms with Crippen LogP contribution in [0.1, 0.15) is 11.6 Å². The number of nitrogens with zero attached hydrogens (tertiary/aromatic N) is 1. The Balaban J connectivity index is 2.25. The number of imidazole rings is 1. The Kier molecular flexibility index (Phi) is 3.79. The largest absolute Gasteiger partial charge is 0.394 e. The van der Waals surface area contributed by atoms with Crippen molar-refractivity contribution in [3.05, 3.63) is 70.4 Å². The van der Waals surface area contributed by atoms with Crippen molar-refractivity contribution in [3.8, 4) is 0 Å². The van der Waals surface area contributed by atoms with Crippen molar-refractivity contribution in [2.75, 3.05) is 6.61 Å². The maximum atomic E-state index is 13.5. The molecular weight excluding hydrogens is 287 g/mol. The van der Waals surface area contributed by atoms with E-state index >= 15 is 0 Å². The van der Waals surface area contributed by atoms with E-state index in [0.717, 1.165) is 0 Å². The number of nitrogens with one attached hydrogen (secondary N) is 1. The van der Waals surface area contributed by atoms with Gasteiger partial charge in [-0.25, -0.2) is 9.18 Å². The molecule has 0 bridgehead atoms. The topological polar surface area (TPSA) is 78.2 Å². The number of H-pyrrole nitrogens is 1. The molecule has 6 heteroatoms. The average molecular weight is 302 g/mol. The molecule has 0 saturated carbocycles. The zero-order chi connectivity index (χ0) is 15.7. The summed E-state index contributed by atoms with van der Waals surface area (Å²) in [5.74, 6) is -0.472. The SMILES string of the molecule is O=c1[nH]c2ccccc2n1[C@@H](c1cccc(F)c1)[C@H](O)CO. The first-order valence-electron chi connectivity index (χ1n) is 6.85. The van der Waals surface area contributed by atoms with Crippen molar-refractivity contribution >= 4 is 11.0 Å². The molecule has 0 aliphatic carbocycles. The fraction of sp³-hybridized carbons (Fsp3) is 0.188.